The third-order valence-corrected chi connectivity index (χ3v) is 7.26. The normalized spacial score (nSPS) is 11.1. The summed E-state index contributed by atoms with van der Waals surface area (Å²) in [7, 11) is 0. The van der Waals surface area contributed by atoms with Gasteiger partial charge in [-0.3, -0.25) is 0 Å². The second-order valence-electron chi connectivity index (χ2n) is 10.4. The summed E-state index contributed by atoms with van der Waals surface area (Å²) in [5.41, 5.74) is 4.82. The van der Waals surface area contributed by atoms with E-state index < -0.39 is 0 Å². The van der Waals surface area contributed by atoms with Gasteiger partial charge >= 0.3 is 0 Å². The molecule has 0 aliphatic heterocycles. The van der Waals surface area contributed by atoms with Crippen molar-refractivity contribution in [3.8, 4) is 28.0 Å². The summed E-state index contributed by atoms with van der Waals surface area (Å²) in [6.07, 6.45) is 18.1. The summed E-state index contributed by atoms with van der Waals surface area (Å²) in [5, 5.41) is 0. The Hall–Kier alpha value is -2.61. The minimum atomic E-state index is -0.191. The first-order valence-corrected chi connectivity index (χ1v) is 14.8. The highest BCUT2D eigenvalue weighted by atomic mass is 19.1. The quantitative estimate of drug-likeness (QED) is 0.157. The highest BCUT2D eigenvalue weighted by molar-refractivity contribution is 5.71. The molecule has 0 aromatic heterocycles. The fraction of sp³-hybridized carbons (Fsp3) is 0.486. The maximum absolute atomic E-state index is 15.0. The van der Waals surface area contributed by atoms with Gasteiger partial charge in [0, 0.05) is 5.56 Å². The summed E-state index contributed by atoms with van der Waals surface area (Å²) in [6.45, 7) is 5.24. The first-order valence-electron chi connectivity index (χ1n) is 14.8. The summed E-state index contributed by atoms with van der Waals surface area (Å²) >= 11 is 0. The van der Waals surface area contributed by atoms with Gasteiger partial charge in [-0.2, -0.15) is 0 Å². The van der Waals surface area contributed by atoms with E-state index in [0.29, 0.717) is 5.56 Å². The van der Waals surface area contributed by atoms with Crippen LogP contribution in [-0.2, 0) is 6.42 Å². The fourth-order valence-corrected chi connectivity index (χ4v) is 4.88. The fourth-order valence-electron chi connectivity index (χ4n) is 4.88. The number of rotatable bonds is 18. The van der Waals surface area contributed by atoms with Crippen molar-refractivity contribution in [1.29, 1.82) is 0 Å². The molecule has 0 bridgehead atoms. The standard InChI is InChI=1S/C35H47FO/c1-3-5-7-8-9-10-11-12-13-15-27-37-33-24-21-31(22-25-33)34-26-23-32(28-35(34)36)30-19-17-29(18-20-30)16-14-6-4-2/h17-26,28H,3-16,27H2,1-2H3. The molecule has 0 spiro atoms. The van der Waals surface area contributed by atoms with Crippen molar-refractivity contribution in [3.63, 3.8) is 0 Å². The van der Waals surface area contributed by atoms with Crippen LogP contribution in [-0.4, -0.2) is 6.61 Å². The molecule has 3 rings (SSSR count). The first-order chi connectivity index (χ1) is 18.2. The Bertz CT molecular complexity index is 1010. The molecule has 1 nitrogen and oxygen atoms in total. The number of unbranched alkanes of at least 4 members (excludes halogenated alkanes) is 11. The average molecular weight is 503 g/mol. The number of benzene rings is 3. The van der Waals surface area contributed by atoms with E-state index in [9.17, 15) is 0 Å². The second kappa shape index (κ2) is 17.0. The molecule has 0 N–H and O–H groups in total. The van der Waals surface area contributed by atoms with Crippen LogP contribution in [0.4, 0.5) is 4.39 Å². The van der Waals surface area contributed by atoms with E-state index in [1.807, 2.05) is 36.4 Å². The van der Waals surface area contributed by atoms with Crippen molar-refractivity contribution >= 4 is 0 Å². The third kappa shape index (κ3) is 10.3. The number of halogens is 1. The van der Waals surface area contributed by atoms with Gasteiger partial charge < -0.3 is 4.74 Å². The number of ether oxygens (including phenoxy) is 1. The Labute approximate surface area is 225 Å². The molecule has 3 aromatic carbocycles. The number of hydrogen-bond acceptors (Lipinski definition) is 1. The molecule has 2 heteroatoms. The van der Waals surface area contributed by atoms with Gasteiger partial charge in [0.2, 0.25) is 0 Å². The molecule has 3 aromatic rings. The highest BCUT2D eigenvalue weighted by Gasteiger charge is 2.08. The maximum Gasteiger partial charge on any atom is 0.131 e. The topological polar surface area (TPSA) is 9.23 Å². The zero-order valence-corrected chi connectivity index (χ0v) is 23.2. The molecular formula is C35H47FO. The molecule has 0 saturated heterocycles. The molecular weight excluding hydrogens is 455 g/mol. The number of aryl methyl sites for hydroxylation is 1. The Morgan fingerprint density at radius 1 is 0.541 bits per heavy atom. The van der Waals surface area contributed by atoms with Crippen LogP contribution in [0, 0.1) is 5.82 Å². The van der Waals surface area contributed by atoms with E-state index in [0.717, 1.165) is 41.9 Å². The zero-order chi connectivity index (χ0) is 26.1. The van der Waals surface area contributed by atoms with Crippen molar-refractivity contribution in [1.82, 2.24) is 0 Å². The molecule has 0 radical (unpaired) electrons. The molecule has 0 aliphatic carbocycles. The van der Waals surface area contributed by atoms with Crippen LogP contribution in [0.15, 0.2) is 66.7 Å². The molecule has 0 aliphatic rings. The molecule has 200 valence electrons. The van der Waals surface area contributed by atoms with Crippen LogP contribution in [0.3, 0.4) is 0 Å². The van der Waals surface area contributed by atoms with Crippen LogP contribution in [0.5, 0.6) is 5.75 Å². The monoisotopic (exact) mass is 502 g/mol. The average Bonchev–Trinajstić information content (AvgIpc) is 2.93. The van der Waals surface area contributed by atoms with Crippen LogP contribution in [0.25, 0.3) is 22.3 Å². The molecule has 0 atom stereocenters. The van der Waals surface area contributed by atoms with Crippen LogP contribution < -0.4 is 4.74 Å². The van der Waals surface area contributed by atoms with Gasteiger partial charge in [0.05, 0.1) is 6.61 Å². The lowest BCUT2D eigenvalue weighted by atomic mass is 9.98. The van der Waals surface area contributed by atoms with E-state index in [4.69, 9.17) is 4.74 Å². The lowest BCUT2D eigenvalue weighted by molar-refractivity contribution is 0.304. The molecule has 0 saturated carbocycles. The van der Waals surface area contributed by atoms with Crippen molar-refractivity contribution < 1.29 is 9.13 Å². The lowest BCUT2D eigenvalue weighted by Crippen LogP contribution is -1.97. The van der Waals surface area contributed by atoms with Gasteiger partial charge in [0.25, 0.3) is 0 Å². The molecule has 0 heterocycles. The van der Waals surface area contributed by atoms with Crippen LogP contribution >= 0.6 is 0 Å². The summed E-state index contributed by atoms with van der Waals surface area (Å²) < 4.78 is 21.0. The smallest absolute Gasteiger partial charge is 0.131 e. The molecule has 37 heavy (non-hydrogen) atoms. The SMILES string of the molecule is CCCCCCCCCCCCOc1ccc(-c2ccc(-c3ccc(CCCCC)cc3)cc2F)cc1. The summed E-state index contributed by atoms with van der Waals surface area (Å²) in [6, 6.07) is 21.9. The van der Waals surface area contributed by atoms with Crippen LogP contribution in [0.1, 0.15) is 103 Å². The van der Waals surface area contributed by atoms with Gasteiger partial charge in [0.15, 0.2) is 0 Å². The van der Waals surface area contributed by atoms with E-state index >= 15 is 4.39 Å². The molecule has 0 fully saturated rings. The minimum absolute atomic E-state index is 0.191. The van der Waals surface area contributed by atoms with Crippen LogP contribution in [0.2, 0.25) is 0 Å². The van der Waals surface area contributed by atoms with Crippen molar-refractivity contribution in [2.75, 3.05) is 6.61 Å². The highest BCUT2D eigenvalue weighted by Crippen LogP contribution is 2.29. The molecule has 0 amide bonds. The maximum atomic E-state index is 15.0. The summed E-state index contributed by atoms with van der Waals surface area (Å²) in [4.78, 5) is 0. The zero-order valence-electron chi connectivity index (χ0n) is 23.2. The van der Waals surface area contributed by atoms with E-state index in [1.165, 1.54) is 82.6 Å². The Morgan fingerprint density at radius 2 is 1.08 bits per heavy atom. The Kier molecular flexibility index (Phi) is 13.3. The van der Waals surface area contributed by atoms with E-state index in [1.54, 1.807) is 6.07 Å². The van der Waals surface area contributed by atoms with Gasteiger partial charge in [-0.1, -0.05) is 133 Å². The van der Waals surface area contributed by atoms with Gasteiger partial charge in [-0.15, -0.1) is 0 Å². The lowest BCUT2D eigenvalue weighted by Gasteiger charge is -2.10. The summed E-state index contributed by atoms with van der Waals surface area (Å²) in [5.74, 6) is 0.666. The Balaban J connectivity index is 1.41. The second-order valence-corrected chi connectivity index (χ2v) is 10.4. The predicted octanol–water partition coefficient (Wildman–Crippen LogP) is 11.2. The minimum Gasteiger partial charge on any atom is -0.494 e. The third-order valence-electron chi connectivity index (χ3n) is 7.26. The van der Waals surface area contributed by atoms with Gasteiger partial charge in [-0.25, -0.2) is 4.39 Å². The van der Waals surface area contributed by atoms with E-state index in [-0.39, 0.29) is 5.82 Å². The van der Waals surface area contributed by atoms with Gasteiger partial charge in [-0.05, 0) is 59.7 Å². The largest absolute Gasteiger partial charge is 0.494 e. The first kappa shape index (κ1) is 29.0. The van der Waals surface area contributed by atoms with Gasteiger partial charge in [0.1, 0.15) is 11.6 Å². The van der Waals surface area contributed by atoms with Crippen molar-refractivity contribution in [2.24, 2.45) is 0 Å². The predicted molar refractivity (Wildman–Crippen MR) is 158 cm³/mol. The molecule has 0 unspecified atom stereocenters. The van der Waals surface area contributed by atoms with E-state index in [2.05, 4.69) is 38.1 Å². The Morgan fingerprint density at radius 3 is 1.70 bits per heavy atom. The van der Waals surface area contributed by atoms with Crippen molar-refractivity contribution in [2.45, 2.75) is 104 Å². The van der Waals surface area contributed by atoms with Crippen molar-refractivity contribution in [3.05, 3.63) is 78.1 Å². The number of hydrogen-bond donors (Lipinski definition) is 0.